The van der Waals surface area contributed by atoms with E-state index in [4.69, 9.17) is 11.6 Å². The van der Waals surface area contributed by atoms with Gasteiger partial charge >= 0.3 is 0 Å². The molecule has 1 atom stereocenters. The van der Waals surface area contributed by atoms with E-state index in [1.54, 1.807) is 24.3 Å². The smallest absolute Gasteiger partial charge is 0.263 e. The lowest BCUT2D eigenvalue weighted by Gasteiger charge is -2.37. The van der Waals surface area contributed by atoms with Crippen LogP contribution in [0.2, 0.25) is 5.02 Å². The topological polar surface area (TPSA) is 100 Å². The van der Waals surface area contributed by atoms with Crippen molar-refractivity contribution in [1.29, 1.82) is 0 Å². The van der Waals surface area contributed by atoms with Gasteiger partial charge in [-0.3, -0.25) is 9.52 Å². The van der Waals surface area contributed by atoms with E-state index in [1.807, 2.05) is 46.9 Å². The number of fused-ring (bicyclic) bond motifs is 1. The minimum Gasteiger partial charge on any atom is -0.368 e. The Morgan fingerprint density at radius 1 is 1.09 bits per heavy atom. The number of carbonyl (C=O) groups is 1. The highest BCUT2D eigenvalue weighted by Crippen LogP contribution is 2.26. The highest BCUT2D eigenvalue weighted by atomic mass is 35.5. The number of nitrogens with zero attached hydrogens (tertiary/aromatic N) is 5. The van der Waals surface area contributed by atoms with E-state index in [0.717, 1.165) is 27.9 Å². The highest BCUT2D eigenvalue weighted by molar-refractivity contribution is 7.93. The number of piperazine rings is 1. The predicted molar refractivity (Wildman–Crippen MR) is 138 cm³/mol. The molecule has 1 aliphatic heterocycles. The molecule has 9 nitrogen and oxygen atoms in total. The minimum atomic E-state index is -3.72. The van der Waals surface area contributed by atoms with Crippen LogP contribution in [0.15, 0.2) is 65.1 Å². The van der Waals surface area contributed by atoms with Crippen molar-refractivity contribution >= 4 is 60.6 Å². The Hall–Kier alpha value is -3.15. The van der Waals surface area contributed by atoms with Crippen LogP contribution in [0.5, 0.6) is 0 Å². The second kappa shape index (κ2) is 9.48. The van der Waals surface area contributed by atoms with Crippen molar-refractivity contribution in [2.45, 2.75) is 17.9 Å². The number of nitrogens with one attached hydrogen (secondary N) is 1. The molecule has 0 spiro atoms. The molecule has 5 rings (SSSR count). The van der Waals surface area contributed by atoms with Crippen molar-refractivity contribution in [1.82, 2.24) is 19.7 Å². The maximum atomic E-state index is 13.2. The van der Waals surface area contributed by atoms with Crippen molar-refractivity contribution in [2.75, 3.05) is 35.8 Å². The van der Waals surface area contributed by atoms with Crippen molar-refractivity contribution < 1.29 is 13.2 Å². The molecule has 0 aliphatic carbocycles. The van der Waals surface area contributed by atoms with E-state index < -0.39 is 10.0 Å². The molecule has 2 aromatic heterocycles. The van der Waals surface area contributed by atoms with E-state index in [9.17, 15) is 13.2 Å². The first-order chi connectivity index (χ1) is 16.8. The van der Waals surface area contributed by atoms with Gasteiger partial charge in [-0.15, -0.1) is 10.2 Å². The van der Waals surface area contributed by atoms with E-state index in [0.29, 0.717) is 31.2 Å². The maximum absolute atomic E-state index is 13.2. The molecular formula is C23H23ClN6O3S2. The lowest BCUT2D eigenvalue weighted by Crippen LogP contribution is -2.50. The van der Waals surface area contributed by atoms with E-state index in [2.05, 4.69) is 19.8 Å². The van der Waals surface area contributed by atoms with Gasteiger partial charge in [0.2, 0.25) is 11.0 Å². The molecule has 12 heteroatoms. The van der Waals surface area contributed by atoms with Gasteiger partial charge in [0.1, 0.15) is 11.6 Å². The number of hydrogen-bond acceptors (Lipinski definition) is 7. The molecule has 0 unspecified atom stereocenters. The molecule has 1 aliphatic rings. The van der Waals surface area contributed by atoms with Crippen molar-refractivity contribution in [3.8, 4) is 0 Å². The van der Waals surface area contributed by atoms with Gasteiger partial charge < -0.3 is 14.4 Å². The second-order valence-electron chi connectivity index (χ2n) is 8.26. The van der Waals surface area contributed by atoms with Crippen LogP contribution in [0, 0.1) is 0 Å². The highest BCUT2D eigenvalue weighted by Gasteiger charge is 2.27. The summed E-state index contributed by atoms with van der Waals surface area (Å²) in [5, 5.41) is 9.26. The van der Waals surface area contributed by atoms with Crippen LogP contribution in [0.3, 0.4) is 0 Å². The number of sulfonamides is 1. The number of anilines is 2. The van der Waals surface area contributed by atoms with Gasteiger partial charge in [0.25, 0.3) is 10.0 Å². The summed E-state index contributed by atoms with van der Waals surface area (Å²) in [6, 6.07) is 14.0. The minimum absolute atomic E-state index is 0.0614. The molecule has 182 valence electrons. The summed E-state index contributed by atoms with van der Waals surface area (Å²) < 4.78 is 29.4. The molecule has 3 heterocycles. The largest absolute Gasteiger partial charge is 0.368 e. The third-order valence-electron chi connectivity index (χ3n) is 6.15. The van der Waals surface area contributed by atoms with Gasteiger partial charge in [0, 0.05) is 43.1 Å². The number of halogens is 1. The molecule has 0 radical (unpaired) electrons. The fraction of sp³-hybridized carbons (Fsp3) is 0.261. The molecular weight excluding hydrogens is 508 g/mol. The molecule has 1 saturated heterocycles. The lowest BCUT2D eigenvalue weighted by atomic mass is 10.2. The lowest BCUT2D eigenvalue weighted by molar-refractivity contribution is -0.134. The number of benzene rings is 2. The van der Waals surface area contributed by atoms with Crippen LogP contribution in [0.1, 0.15) is 13.0 Å². The van der Waals surface area contributed by atoms with Crippen LogP contribution in [0.4, 0.5) is 10.8 Å². The van der Waals surface area contributed by atoms with Gasteiger partial charge in [-0.2, -0.15) is 0 Å². The first-order valence-electron chi connectivity index (χ1n) is 11.0. The van der Waals surface area contributed by atoms with Crippen LogP contribution < -0.4 is 9.62 Å². The molecule has 1 fully saturated rings. The molecule has 0 bridgehead atoms. The SMILES string of the molecule is C[C@@H](C(=O)N1CCN(c2ccc(S(=O)(=O)Nc3nncs3)cc2)CC1)n1ccc2ccc(Cl)cc21. The zero-order valence-electron chi connectivity index (χ0n) is 18.8. The van der Waals surface area contributed by atoms with Gasteiger partial charge in [-0.1, -0.05) is 29.0 Å². The molecule has 1 N–H and O–H groups in total. The maximum Gasteiger partial charge on any atom is 0.263 e. The number of carbonyl (C=O) groups excluding carboxylic acids is 1. The first-order valence-corrected chi connectivity index (χ1v) is 13.7. The van der Waals surface area contributed by atoms with Crippen molar-refractivity contribution in [3.05, 3.63) is 65.3 Å². The Labute approximate surface area is 212 Å². The van der Waals surface area contributed by atoms with Crippen LogP contribution in [-0.2, 0) is 14.8 Å². The van der Waals surface area contributed by atoms with Crippen molar-refractivity contribution in [2.24, 2.45) is 0 Å². The molecule has 1 amide bonds. The first kappa shape index (κ1) is 23.6. The van der Waals surface area contributed by atoms with Crippen LogP contribution >= 0.6 is 22.9 Å². The number of aromatic nitrogens is 3. The summed E-state index contributed by atoms with van der Waals surface area (Å²) in [6.07, 6.45) is 1.93. The fourth-order valence-electron chi connectivity index (χ4n) is 4.26. The van der Waals surface area contributed by atoms with E-state index >= 15 is 0 Å². The number of hydrogen-bond donors (Lipinski definition) is 1. The molecule has 35 heavy (non-hydrogen) atoms. The average molecular weight is 531 g/mol. The Morgan fingerprint density at radius 3 is 2.51 bits per heavy atom. The van der Waals surface area contributed by atoms with Gasteiger partial charge in [-0.05, 0) is 54.8 Å². The normalized spacial score (nSPS) is 15.4. The summed E-state index contributed by atoms with van der Waals surface area (Å²) in [5.41, 5.74) is 3.31. The summed E-state index contributed by atoms with van der Waals surface area (Å²) in [7, 11) is -3.72. The number of amides is 1. The van der Waals surface area contributed by atoms with E-state index in [1.165, 1.54) is 5.51 Å². The molecule has 4 aromatic rings. The van der Waals surface area contributed by atoms with Crippen LogP contribution in [0.25, 0.3) is 10.9 Å². The average Bonchev–Trinajstić information content (AvgIpc) is 3.52. The van der Waals surface area contributed by atoms with Gasteiger partial charge in [-0.25, -0.2) is 8.42 Å². The quantitative estimate of drug-likeness (QED) is 0.406. The van der Waals surface area contributed by atoms with Crippen LogP contribution in [-0.4, -0.2) is 60.2 Å². The Morgan fingerprint density at radius 2 is 1.83 bits per heavy atom. The standard InChI is InChI=1S/C23H23ClN6O3S2/c1-16(30-9-8-17-2-3-18(24)14-21(17)30)22(31)29-12-10-28(11-13-29)19-4-6-20(7-5-19)35(32,33)27-23-26-25-15-34-23/h2-9,14-16H,10-13H2,1H3,(H,26,27)/t16-/m0/s1. The Balaban J connectivity index is 1.22. The summed E-state index contributed by atoms with van der Waals surface area (Å²) in [6.45, 7) is 4.39. The zero-order chi connectivity index (χ0) is 24.6. The molecule has 2 aromatic carbocycles. The van der Waals surface area contributed by atoms with Crippen molar-refractivity contribution in [3.63, 3.8) is 0 Å². The van der Waals surface area contributed by atoms with Gasteiger partial charge in [0.15, 0.2) is 0 Å². The summed E-state index contributed by atoms with van der Waals surface area (Å²) in [4.78, 5) is 17.4. The van der Waals surface area contributed by atoms with E-state index in [-0.39, 0.29) is 22.0 Å². The Kier molecular flexibility index (Phi) is 6.39. The Bertz CT molecular complexity index is 1450. The predicted octanol–water partition coefficient (Wildman–Crippen LogP) is 3.86. The monoisotopic (exact) mass is 530 g/mol. The van der Waals surface area contributed by atoms with Gasteiger partial charge in [0.05, 0.1) is 10.4 Å². The second-order valence-corrected chi connectivity index (χ2v) is 11.2. The third-order valence-corrected chi connectivity index (χ3v) is 8.47. The summed E-state index contributed by atoms with van der Waals surface area (Å²) in [5.74, 6) is 0.0614. The third kappa shape index (κ3) is 4.84. The fourth-order valence-corrected chi connectivity index (χ4v) is 6.12. The number of rotatable bonds is 6. The zero-order valence-corrected chi connectivity index (χ0v) is 21.2. The molecule has 0 saturated carbocycles. The summed E-state index contributed by atoms with van der Waals surface area (Å²) >= 11 is 7.28.